The van der Waals surface area contributed by atoms with Crippen molar-refractivity contribution >= 4 is 5.91 Å². The lowest BCUT2D eigenvalue weighted by Gasteiger charge is -2.09. The Morgan fingerprint density at radius 1 is 0.900 bits per heavy atom. The van der Waals surface area contributed by atoms with Gasteiger partial charge in [-0.3, -0.25) is 4.79 Å². The zero-order chi connectivity index (χ0) is 15.1. The molecule has 0 atom stereocenters. The third-order valence-electron chi connectivity index (χ3n) is 2.43. The summed E-state index contributed by atoms with van der Waals surface area (Å²) in [5.74, 6) is 0.0500. The SMILES string of the molecule is CCC(=O)NCCOCCOCCOCCNC(C)C. The number of rotatable bonds is 14. The molecule has 0 heterocycles. The van der Waals surface area contributed by atoms with Crippen LogP contribution in [-0.2, 0) is 19.0 Å². The first-order chi connectivity index (χ1) is 9.66. The number of hydrogen-bond donors (Lipinski definition) is 2. The van der Waals surface area contributed by atoms with Crippen molar-refractivity contribution < 1.29 is 19.0 Å². The largest absolute Gasteiger partial charge is 0.378 e. The molecule has 0 radical (unpaired) electrons. The smallest absolute Gasteiger partial charge is 0.219 e. The summed E-state index contributed by atoms with van der Waals surface area (Å²) in [6.07, 6.45) is 0.510. The summed E-state index contributed by atoms with van der Waals surface area (Å²) in [6, 6.07) is 0.495. The van der Waals surface area contributed by atoms with Crippen molar-refractivity contribution in [3.63, 3.8) is 0 Å². The minimum atomic E-state index is 0.0500. The van der Waals surface area contributed by atoms with Crippen LogP contribution in [-0.4, -0.2) is 64.7 Å². The fraction of sp³-hybridized carbons (Fsp3) is 0.929. The van der Waals surface area contributed by atoms with E-state index in [0.29, 0.717) is 58.6 Å². The van der Waals surface area contributed by atoms with E-state index in [1.165, 1.54) is 0 Å². The Hall–Kier alpha value is -0.690. The summed E-state index contributed by atoms with van der Waals surface area (Å²) < 4.78 is 16.1. The first-order valence-electron chi connectivity index (χ1n) is 7.40. The highest BCUT2D eigenvalue weighted by molar-refractivity contribution is 5.75. The van der Waals surface area contributed by atoms with Crippen LogP contribution in [0.2, 0.25) is 0 Å². The lowest BCUT2D eigenvalue weighted by Crippen LogP contribution is -2.27. The predicted molar refractivity (Wildman–Crippen MR) is 78.9 cm³/mol. The number of carbonyl (C=O) groups excluding carboxylic acids is 1. The number of nitrogens with one attached hydrogen (secondary N) is 2. The molecule has 2 N–H and O–H groups in total. The van der Waals surface area contributed by atoms with Gasteiger partial charge in [0.1, 0.15) is 0 Å². The summed E-state index contributed by atoms with van der Waals surface area (Å²) >= 11 is 0. The highest BCUT2D eigenvalue weighted by Crippen LogP contribution is 1.82. The molecule has 0 aliphatic carbocycles. The molecule has 0 bridgehead atoms. The molecule has 0 saturated heterocycles. The van der Waals surface area contributed by atoms with Crippen molar-refractivity contribution in [3.05, 3.63) is 0 Å². The van der Waals surface area contributed by atoms with Gasteiger partial charge in [0.25, 0.3) is 0 Å². The van der Waals surface area contributed by atoms with Gasteiger partial charge in [0.15, 0.2) is 0 Å². The van der Waals surface area contributed by atoms with Gasteiger partial charge in [-0.05, 0) is 0 Å². The fourth-order valence-electron chi connectivity index (χ4n) is 1.35. The molecule has 120 valence electrons. The van der Waals surface area contributed by atoms with Crippen LogP contribution in [0.4, 0.5) is 0 Å². The summed E-state index contributed by atoms with van der Waals surface area (Å²) in [5.41, 5.74) is 0. The van der Waals surface area contributed by atoms with Gasteiger partial charge in [-0.15, -0.1) is 0 Å². The fourth-order valence-corrected chi connectivity index (χ4v) is 1.35. The van der Waals surface area contributed by atoms with E-state index in [2.05, 4.69) is 24.5 Å². The van der Waals surface area contributed by atoms with E-state index in [9.17, 15) is 4.79 Å². The molecule has 0 aliphatic heterocycles. The average molecular weight is 290 g/mol. The van der Waals surface area contributed by atoms with E-state index in [4.69, 9.17) is 14.2 Å². The topological polar surface area (TPSA) is 68.8 Å². The molecule has 20 heavy (non-hydrogen) atoms. The second-order valence-electron chi connectivity index (χ2n) is 4.65. The number of carbonyl (C=O) groups is 1. The highest BCUT2D eigenvalue weighted by Gasteiger charge is 1.95. The molecular weight excluding hydrogens is 260 g/mol. The maximum Gasteiger partial charge on any atom is 0.219 e. The van der Waals surface area contributed by atoms with Gasteiger partial charge < -0.3 is 24.8 Å². The molecule has 0 aromatic rings. The van der Waals surface area contributed by atoms with Crippen LogP contribution in [0.3, 0.4) is 0 Å². The molecule has 0 fully saturated rings. The van der Waals surface area contributed by atoms with Gasteiger partial charge in [0, 0.05) is 25.6 Å². The summed E-state index contributed by atoms with van der Waals surface area (Å²) in [6.45, 7) is 11.0. The first-order valence-corrected chi connectivity index (χ1v) is 7.40. The molecule has 1 amide bonds. The van der Waals surface area contributed by atoms with E-state index < -0.39 is 0 Å². The van der Waals surface area contributed by atoms with Crippen molar-refractivity contribution in [2.24, 2.45) is 0 Å². The Morgan fingerprint density at radius 3 is 1.90 bits per heavy atom. The molecule has 0 aromatic carbocycles. The standard InChI is InChI=1S/C14H30N2O4/c1-4-14(17)16-6-8-19-10-12-20-11-9-18-7-5-15-13(2)3/h13,15H,4-12H2,1-3H3,(H,16,17). The Bertz CT molecular complexity index is 225. The molecule has 0 unspecified atom stereocenters. The van der Waals surface area contributed by atoms with E-state index >= 15 is 0 Å². The maximum atomic E-state index is 10.9. The van der Waals surface area contributed by atoms with Gasteiger partial charge in [-0.25, -0.2) is 0 Å². The zero-order valence-corrected chi connectivity index (χ0v) is 13.1. The average Bonchev–Trinajstić information content (AvgIpc) is 2.43. The third-order valence-corrected chi connectivity index (χ3v) is 2.43. The van der Waals surface area contributed by atoms with Gasteiger partial charge in [-0.2, -0.15) is 0 Å². The Balaban J connectivity index is 3.01. The molecule has 6 heteroatoms. The lowest BCUT2D eigenvalue weighted by molar-refractivity contribution is -0.121. The summed E-state index contributed by atoms with van der Waals surface area (Å²) in [5, 5.41) is 6.01. The van der Waals surface area contributed by atoms with Crippen molar-refractivity contribution in [2.75, 3.05) is 52.7 Å². The summed E-state index contributed by atoms with van der Waals surface area (Å²) in [4.78, 5) is 10.9. The van der Waals surface area contributed by atoms with Gasteiger partial charge in [0.2, 0.25) is 5.91 Å². The van der Waals surface area contributed by atoms with Crippen LogP contribution in [0, 0.1) is 0 Å². The lowest BCUT2D eigenvalue weighted by atomic mass is 10.4. The maximum absolute atomic E-state index is 10.9. The van der Waals surface area contributed by atoms with Crippen molar-refractivity contribution in [1.82, 2.24) is 10.6 Å². The van der Waals surface area contributed by atoms with E-state index in [0.717, 1.165) is 6.54 Å². The van der Waals surface area contributed by atoms with Crippen molar-refractivity contribution in [3.8, 4) is 0 Å². The minimum Gasteiger partial charge on any atom is -0.378 e. The van der Waals surface area contributed by atoms with Gasteiger partial charge in [-0.1, -0.05) is 20.8 Å². The normalized spacial score (nSPS) is 11.0. The van der Waals surface area contributed by atoms with Crippen LogP contribution in [0.1, 0.15) is 27.2 Å². The highest BCUT2D eigenvalue weighted by atomic mass is 16.5. The van der Waals surface area contributed by atoms with Crippen molar-refractivity contribution in [2.45, 2.75) is 33.2 Å². The van der Waals surface area contributed by atoms with E-state index in [-0.39, 0.29) is 5.91 Å². The van der Waals surface area contributed by atoms with Crippen molar-refractivity contribution in [1.29, 1.82) is 0 Å². The zero-order valence-electron chi connectivity index (χ0n) is 13.1. The molecule has 0 saturated carbocycles. The van der Waals surface area contributed by atoms with Gasteiger partial charge >= 0.3 is 0 Å². The van der Waals surface area contributed by atoms with Crippen LogP contribution in [0.5, 0.6) is 0 Å². The predicted octanol–water partition coefficient (Wildman–Crippen LogP) is 0.560. The van der Waals surface area contributed by atoms with Crippen LogP contribution < -0.4 is 10.6 Å². The minimum absolute atomic E-state index is 0.0500. The molecule has 6 nitrogen and oxygen atoms in total. The molecule has 0 aromatic heterocycles. The number of amides is 1. The third kappa shape index (κ3) is 15.4. The van der Waals surface area contributed by atoms with Crippen LogP contribution in [0.15, 0.2) is 0 Å². The van der Waals surface area contributed by atoms with Crippen LogP contribution >= 0.6 is 0 Å². The van der Waals surface area contributed by atoms with E-state index in [1.807, 2.05) is 6.92 Å². The second kappa shape index (κ2) is 14.7. The molecule has 0 aliphatic rings. The molecule has 0 rings (SSSR count). The molecule has 0 spiro atoms. The Morgan fingerprint density at radius 2 is 1.40 bits per heavy atom. The quantitative estimate of drug-likeness (QED) is 0.458. The summed E-state index contributed by atoms with van der Waals surface area (Å²) in [7, 11) is 0. The second-order valence-corrected chi connectivity index (χ2v) is 4.65. The monoisotopic (exact) mass is 290 g/mol. The number of hydrogen-bond acceptors (Lipinski definition) is 5. The van der Waals surface area contributed by atoms with Crippen LogP contribution in [0.25, 0.3) is 0 Å². The van der Waals surface area contributed by atoms with E-state index in [1.54, 1.807) is 0 Å². The Labute approximate surface area is 122 Å². The number of ether oxygens (including phenoxy) is 3. The molecular formula is C14H30N2O4. The van der Waals surface area contributed by atoms with Gasteiger partial charge in [0.05, 0.1) is 39.6 Å². The first kappa shape index (κ1) is 19.3. The Kier molecular flexibility index (Phi) is 14.2.